The fourth-order valence-corrected chi connectivity index (χ4v) is 1.68. The van der Waals surface area contributed by atoms with Crippen LogP contribution in [-0.4, -0.2) is 16.7 Å². The number of H-pyrrole nitrogens is 1. The third-order valence-corrected chi connectivity index (χ3v) is 2.61. The van der Waals surface area contributed by atoms with Gasteiger partial charge in [0.05, 0.1) is 0 Å². The molecule has 0 saturated heterocycles. The van der Waals surface area contributed by atoms with Gasteiger partial charge in [-0.15, -0.1) is 0 Å². The van der Waals surface area contributed by atoms with Crippen molar-refractivity contribution in [2.24, 2.45) is 0 Å². The van der Waals surface area contributed by atoms with Gasteiger partial charge in [-0.1, -0.05) is 0 Å². The lowest BCUT2D eigenvalue weighted by Gasteiger charge is -2.10. The lowest BCUT2D eigenvalue weighted by molar-refractivity contribution is 0.270. The molecule has 2 N–H and O–H groups in total. The topological polar surface area (TPSA) is 36.0 Å². The van der Waals surface area contributed by atoms with E-state index in [2.05, 4.69) is 11.1 Å². The number of nitrogens with one attached hydrogen (secondary N) is 1. The maximum absolute atomic E-state index is 8.83. The Morgan fingerprint density at radius 2 is 2.36 bits per heavy atom. The van der Waals surface area contributed by atoms with Gasteiger partial charge >= 0.3 is 0 Å². The predicted octanol–water partition coefficient (Wildman–Crippen LogP) is 1.43. The Hall–Kier alpha value is -0.760. The summed E-state index contributed by atoms with van der Waals surface area (Å²) >= 11 is 0. The molecular formula is C9H13NO. The van der Waals surface area contributed by atoms with Gasteiger partial charge in [0.1, 0.15) is 0 Å². The summed E-state index contributed by atoms with van der Waals surface area (Å²) in [6.07, 6.45) is 5.32. The third-order valence-electron chi connectivity index (χ3n) is 2.61. The van der Waals surface area contributed by atoms with E-state index in [0.29, 0.717) is 12.0 Å². The summed E-state index contributed by atoms with van der Waals surface area (Å²) in [5.41, 5.74) is 1.62. The number of aromatic amines is 1. The SMILES string of the molecule is OCCC1(c2ccc[nH]2)CC1. The highest BCUT2D eigenvalue weighted by Gasteiger charge is 2.44. The van der Waals surface area contributed by atoms with Crippen LogP contribution in [0.3, 0.4) is 0 Å². The highest BCUT2D eigenvalue weighted by molar-refractivity contribution is 5.24. The zero-order valence-electron chi connectivity index (χ0n) is 6.51. The average molecular weight is 151 g/mol. The second-order valence-corrected chi connectivity index (χ2v) is 3.34. The maximum Gasteiger partial charge on any atom is 0.0440 e. The largest absolute Gasteiger partial charge is 0.396 e. The molecule has 1 aromatic heterocycles. The second-order valence-electron chi connectivity index (χ2n) is 3.34. The van der Waals surface area contributed by atoms with Crippen LogP contribution in [0.2, 0.25) is 0 Å². The standard InChI is InChI=1S/C9H13NO/c11-7-5-9(3-4-9)8-2-1-6-10-8/h1-2,6,10-11H,3-5,7H2. The molecule has 1 fully saturated rings. The van der Waals surface area contributed by atoms with Crippen LogP contribution in [0.25, 0.3) is 0 Å². The molecule has 2 heteroatoms. The van der Waals surface area contributed by atoms with Crippen molar-refractivity contribution in [2.75, 3.05) is 6.61 Å². The summed E-state index contributed by atoms with van der Waals surface area (Å²) < 4.78 is 0. The van der Waals surface area contributed by atoms with E-state index in [0.717, 1.165) is 6.42 Å². The van der Waals surface area contributed by atoms with Crippen LogP contribution in [-0.2, 0) is 5.41 Å². The van der Waals surface area contributed by atoms with E-state index in [-0.39, 0.29) is 0 Å². The van der Waals surface area contributed by atoms with Crippen molar-refractivity contribution in [1.82, 2.24) is 4.98 Å². The summed E-state index contributed by atoms with van der Waals surface area (Å²) in [7, 11) is 0. The first-order valence-corrected chi connectivity index (χ1v) is 4.12. The molecule has 1 aliphatic rings. The van der Waals surface area contributed by atoms with Crippen molar-refractivity contribution in [3.8, 4) is 0 Å². The fourth-order valence-electron chi connectivity index (χ4n) is 1.68. The molecule has 1 heterocycles. The lowest BCUT2D eigenvalue weighted by atomic mass is 9.99. The van der Waals surface area contributed by atoms with Crippen molar-refractivity contribution in [1.29, 1.82) is 0 Å². The van der Waals surface area contributed by atoms with Crippen LogP contribution in [0.5, 0.6) is 0 Å². The van der Waals surface area contributed by atoms with Crippen LogP contribution in [0.15, 0.2) is 18.3 Å². The highest BCUT2D eigenvalue weighted by atomic mass is 16.3. The van der Waals surface area contributed by atoms with Crippen LogP contribution in [0.1, 0.15) is 25.0 Å². The number of hydrogen-bond acceptors (Lipinski definition) is 1. The number of hydrogen-bond donors (Lipinski definition) is 2. The van der Waals surface area contributed by atoms with Crippen molar-refractivity contribution in [3.05, 3.63) is 24.0 Å². The van der Waals surface area contributed by atoms with Gasteiger partial charge in [-0.05, 0) is 31.4 Å². The van der Waals surface area contributed by atoms with E-state index < -0.39 is 0 Å². The van der Waals surface area contributed by atoms with Gasteiger partial charge in [0.15, 0.2) is 0 Å². The number of aliphatic hydroxyl groups is 1. The van der Waals surface area contributed by atoms with Crippen LogP contribution >= 0.6 is 0 Å². The Morgan fingerprint density at radius 3 is 2.82 bits per heavy atom. The van der Waals surface area contributed by atoms with Crippen LogP contribution < -0.4 is 0 Å². The Kier molecular flexibility index (Phi) is 1.50. The first-order valence-electron chi connectivity index (χ1n) is 4.12. The molecule has 0 amide bonds. The summed E-state index contributed by atoms with van der Waals surface area (Å²) in [6.45, 7) is 0.305. The van der Waals surface area contributed by atoms with E-state index in [1.165, 1.54) is 18.5 Å². The molecule has 0 unspecified atom stereocenters. The quantitative estimate of drug-likeness (QED) is 0.673. The predicted molar refractivity (Wildman–Crippen MR) is 43.4 cm³/mol. The normalized spacial score (nSPS) is 20.1. The van der Waals surface area contributed by atoms with Gasteiger partial charge in [0.2, 0.25) is 0 Å². The Labute approximate surface area is 66.3 Å². The molecule has 1 saturated carbocycles. The molecule has 1 aliphatic carbocycles. The molecule has 0 atom stereocenters. The Bertz CT molecular complexity index is 224. The molecule has 0 aromatic carbocycles. The van der Waals surface area contributed by atoms with Gasteiger partial charge in [-0.2, -0.15) is 0 Å². The van der Waals surface area contributed by atoms with Gasteiger partial charge in [0.25, 0.3) is 0 Å². The molecule has 2 rings (SSSR count). The first-order chi connectivity index (χ1) is 5.37. The van der Waals surface area contributed by atoms with Crippen LogP contribution in [0.4, 0.5) is 0 Å². The monoisotopic (exact) mass is 151 g/mol. The summed E-state index contributed by atoms with van der Waals surface area (Å²) in [6, 6.07) is 4.13. The molecule has 0 aliphatic heterocycles. The Balaban J connectivity index is 2.15. The summed E-state index contributed by atoms with van der Waals surface area (Å²) in [4.78, 5) is 3.21. The van der Waals surface area contributed by atoms with Gasteiger partial charge in [0, 0.05) is 23.9 Å². The Morgan fingerprint density at radius 1 is 1.55 bits per heavy atom. The molecule has 0 bridgehead atoms. The van der Waals surface area contributed by atoms with Crippen molar-refractivity contribution < 1.29 is 5.11 Å². The zero-order chi connectivity index (χ0) is 7.73. The number of rotatable bonds is 3. The molecule has 0 spiro atoms. The minimum Gasteiger partial charge on any atom is -0.396 e. The van der Waals surface area contributed by atoms with Gasteiger partial charge in [-0.25, -0.2) is 0 Å². The van der Waals surface area contributed by atoms with Crippen molar-refractivity contribution >= 4 is 0 Å². The van der Waals surface area contributed by atoms with E-state index >= 15 is 0 Å². The van der Waals surface area contributed by atoms with Crippen molar-refractivity contribution in [3.63, 3.8) is 0 Å². The van der Waals surface area contributed by atoms with E-state index in [1.54, 1.807) is 0 Å². The minimum atomic E-state index is 0.305. The fraction of sp³-hybridized carbons (Fsp3) is 0.556. The summed E-state index contributed by atoms with van der Waals surface area (Å²) in [5, 5.41) is 8.83. The van der Waals surface area contributed by atoms with E-state index in [4.69, 9.17) is 5.11 Å². The zero-order valence-corrected chi connectivity index (χ0v) is 6.51. The highest BCUT2D eigenvalue weighted by Crippen LogP contribution is 2.49. The van der Waals surface area contributed by atoms with E-state index in [1.807, 2.05) is 12.3 Å². The second kappa shape index (κ2) is 2.38. The molecule has 2 nitrogen and oxygen atoms in total. The van der Waals surface area contributed by atoms with Gasteiger partial charge < -0.3 is 10.1 Å². The molecule has 0 radical (unpaired) electrons. The molecule has 60 valence electrons. The minimum absolute atomic E-state index is 0.305. The molecule has 11 heavy (non-hydrogen) atoms. The lowest BCUT2D eigenvalue weighted by Crippen LogP contribution is -2.08. The number of aromatic nitrogens is 1. The third kappa shape index (κ3) is 1.07. The van der Waals surface area contributed by atoms with E-state index in [9.17, 15) is 0 Å². The number of aliphatic hydroxyl groups excluding tert-OH is 1. The molecular weight excluding hydrogens is 138 g/mol. The van der Waals surface area contributed by atoms with Crippen molar-refractivity contribution in [2.45, 2.75) is 24.7 Å². The smallest absolute Gasteiger partial charge is 0.0440 e. The molecule has 1 aromatic rings. The maximum atomic E-state index is 8.83. The van der Waals surface area contributed by atoms with Gasteiger partial charge in [-0.3, -0.25) is 0 Å². The first kappa shape index (κ1) is 6.92. The summed E-state index contributed by atoms with van der Waals surface area (Å²) in [5.74, 6) is 0. The van der Waals surface area contributed by atoms with Crippen LogP contribution in [0, 0.1) is 0 Å². The average Bonchev–Trinajstić information content (AvgIpc) is 2.63.